The zero-order chi connectivity index (χ0) is 14.3. The lowest BCUT2D eigenvalue weighted by molar-refractivity contribution is -0.164. The Bertz CT molecular complexity index is 386. The molecule has 2 fully saturated rings. The van der Waals surface area contributed by atoms with Gasteiger partial charge in [0.2, 0.25) is 11.8 Å². The van der Waals surface area contributed by atoms with Gasteiger partial charge < -0.3 is 10.2 Å². The minimum absolute atomic E-state index is 0.0416. The van der Waals surface area contributed by atoms with E-state index in [0.717, 1.165) is 19.3 Å². The van der Waals surface area contributed by atoms with Crippen molar-refractivity contribution in [3.05, 3.63) is 0 Å². The van der Waals surface area contributed by atoms with Crippen molar-refractivity contribution < 1.29 is 9.59 Å². The fourth-order valence-electron chi connectivity index (χ4n) is 3.43. The normalized spacial score (nSPS) is 30.4. The number of rotatable bonds is 5. The van der Waals surface area contributed by atoms with Crippen molar-refractivity contribution in [3.63, 3.8) is 0 Å². The molecule has 2 rings (SSSR count). The summed E-state index contributed by atoms with van der Waals surface area (Å²) in [6, 6.07) is 0. The fourth-order valence-corrected chi connectivity index (χ4v) is 3.43. The fraction of sp³-hybridized carbons (Fsp3) is 0.867. The van der Waals surface area contributed by atoms with Crippen LogP contribution in [0.15, 0.2) is 0 Å². The second kappa shape index (κ2) is 4.80. The SMILES string of the molecule is CCCN1C(=O)C(C)(C2CC2)NC(=O)C1(CC)CC. The van der Waals surface area contributed by atoms with Gasteiger partial charge in [0.05, 0.1) is 0 Å². The van der Waals surface area contributed by atoms with Crippen molar-refractivity contribution in [2.75, 3.05) is 6.54 Å². The largest absolute Gasteiger partial charge is 0.340 e. The highest BCUT2D eigenvalue weighted by molar-refractivity contribution is 6.02. The molecular weight excluding hydrogens is 240 g/mol. The molecule has 1 N–H and O–H groups in total. The summed E-state index contributed by atoms with van der Waals surface area (Å²) in [5.41, 5.74) is -1.30. The molecule has 0 aromatic rings. The lowest BCUT2D eigenvalue weighted by Crippen LogP contribution is -2.75. The van der Waals surface area contributed by atoms with Gasteiger partial charge in [-0.05, 0) is 44.9 Å². The molecule has 1 aliphatic carbocycles. The molecule has 19 heavy (non-hydrogen) atoms. The molecular formula is C15H26N2O2. The maximum atomic E-state index is 12.9. The number of carbonyl (C=O) groups is 2. The quantitative estimate of drug-likeness (QED) is 0.828. The predicted octanol–water partition coefficient (Wildman–Crippen LogP) is 2.08. The van der Waals surface area contributed by atoms with E-state index in [4.69, 9.17) is 0 Å². The van der Waals surface area contributed by atoms with Gasteiger partial charge in [0.15, 0.2) is 0 Å². The Balaban J connectivity index is 2.39. The van der Waals surface area contributed by atoms with Gasteiger partial charge in [-0.3, -0.25) is 9.59 Å². The highest BCUT2D eigenvalue weighted by atomic mass is 16.2. The highest BCUT2D eigenvalue weighted by Crippen LogP contribution is 2.44. The number of piperazine rings is 1. The van der Waals surface area contributed by atoms with Crippen molar-refractivity contribution in [1.29, 1.82) is 0 Å². The molecule has 0 bridgehead atoms. The van der Waals surface area contributed by atoms with Crippen LogP contribution in [0.25, 0.3) is 0 Å². The Kier molecular flexibility index (Phi) is 3.63. The van der Waals surface area contributed by atoms with Gasteiger partial charge >= 0.3 is 0 Å². The summed E-state index contributed by atoms with van der Waals surface area (Å²) >= 11 is 0. The Labute approximate surface area is 115 Å². The third-order valence-electron chi connectivity index (χ3n) is 5.01. The molecule has 4 nitrogen and oxygen atoms in total. The molecule has 1 unspecified atom stereocenters. The van der Waals surface area contributed by atoms with Crippen molar-refractivity contribution >= 4 is 11.8 Å². The first-order chi connectivity index (χ1) is 8.96. The molecule has 1 saturated heterocycles. The van der Waals surface area contributed by atoms with Crippen LogP contribution in [0.2, 0.25) is 0 Å². The van der Waals surface area contributed by atoms with Gasteiger partial charge in [-0.25, -0.2) is 0 Å². The van der Waals surface area contributed by atoms with Crippen molar-refractivity contribution in [2.45, 2.75) is 70.9 Å². The molecule has 4 heteroatoms. The first-order valence-corrected chi connectivity index (χ1v) is 7.61. The maximum absolute atomic E-state index is 12.9. The number of hydrogen-bond donors (Lipinski definition) is 1. The van der Waals surface area contributed by atoms with E-state index in [1.807, 2.05) is 25.7 Å². The average Bonchev–Trinajstić information content (AvgIpc) is 3.22. The smallest absolute Gasteiger partial charge is 0.249 e. The standard InChI is InChI=1S/C15H26N2O2/c1-5-10-17-13(19)14(4,11-8-9-11)16-12(18)15(17,6-2)7-3/h11H,5-10H2,1-4H3,(H,16,18). The van der Waals surface area contributed by atoms with Crippen LogP contribution in [-0.4, -0.2) is 34.3 Å². The van der Waals surface area contributed by atoms with Crippen LogP contribution in [0.4, 0.5) is 0 Å². The summed E-state index contributed by atoms with van der Waals surface area (Å²) in [6.45, 7) is 8.64. The van der Waals surface area contributed by atoms with E-state index < -0.39 is 11.1 Å². The lowest BCUT2D eigenvalue weighted by atomic mass is 9.80. The van der Waals surface area contributed by atoms with Gasteiger partial charge in [-0.2, -0.15) is 0 Å². The molecule has 1 atom stereocenters. The first kappa shape index (κ1) is 14.4. The highest BCUT2D eigenvalue weighted by Gasteiger charge is 2.59. The van der Waals surface area contributed by atoms with Crippen LogP contribution in [0.5, 0.6) is 0 Å². The Morgan fingerprint density at radius 1 is 1.21 bits per heavy atom. The van der Waals surface area contributed by atoms with Crippen LogP contribution in [0.1, 0.15) is 59.8 Å². The lowest BCUT2D eigenvalue weighted by Gasteiger charge is -2.51. The van der Waals surface area contributed by atoms with Crippen LogP contribution < -0.4 is 5.32 Å². The number of nitrogens with one attached hydrogen (secondary N) is 1. The van der Waals surface area contributed by atoms with Crippen LogP contribution in [-0.2, 0) is 9.59 Å². The average molecular weight is 266 g/mol. The van der Waals surface area contributed by atoms with Crippen molar-refractivity contribution in [2.24, 2.45) is 5.92 Å². The second-order valence-corrected chi connectivity index (χ2v) is 6.13. The summed E-state index contributed by atoms with van der Waals surface area (Å²) < 4.78 is 0. The van der Waals surface area contributed by atoms with Crippen LogP contribution in [0, 0.1) is 5.92 Å². The topological polar surface area (TPSA) is 49.4 Å². The van der Waals surface area contributed by atoms with Gasteiger partial charge in [-0.15, -0.1) is 0 Å². The summed E-state index contributed by atoms with van der Waals surface area (Å²) in [6.07, 6.45) is 4.35. The zero-order valence-corrected chi connectivity index (χ0v) is 12.6. The summed E-state index contributed by atoms with van der Waals surface area (Å²) in [5.74, 6) is 0.495. The van der Waals surface area contributed by atoms with Crippen molar-refractivity contribution in [1.82, 2.24) is 10.2 Å². The predicted molar refractivity (Wildman–Crippen MR) is 74.6 cm³/mol. The molecule has 0 aromatic heterocycles. The van der Waals surface area contributed by atoms with Gasteiger partial charge in [-0.1, -0.05) is 20.8 Å². The van der Waals surface area contributed by atoms with Crippen LogP contribution >= 0.6 is 0 Å². The minimum Gasteiger partial charge on any atom is -0.340 e. The van der Waals surface area contributed by atoms with E-state index in [0.29, 0.717) is 25.3 Å². The Hall–Kier alpha value is -1.06. The Morgan fingerprint density at radius 2 is 1.79 bits per heavy atom. The van der Waals surface area contributed by atoms with E-state index in [1.54, 1.807) is 0 Å². The van der Waals surface area contributed by atoms with E-state index in [9.17, 15) is 9.59 Å². The molecule has 1 heterocycles. The second-order valence-electron chi connectivity index (χ2n) is 6.13. The number of amides is 2. The third kappa shape index (κ3) is 1.96. The summed E-state index contributed by atoms with van der Waals surface area (Å²) in [5, 5.41) is 3.06. The van der Waals surface area contributed by atoms with Gasteiger partial charge in [0, 0.05) is 6.54 Å². The molecule has 1 aliphatic heterocycles. The monoisotopic (exact) mass is 266 g/mol. The van der Waals surface area contributed by atoms with Gasteiger partial charge in [0.1, 0.15) is 11.1 Å². The first-order valence-electron chi connectivity index (χ1n) is 7.61. The van der Waals surface area contributed by atoms with Gasteiger partial charge in [0.25, 0.3) is 0 Å². The Morgan fingerprint density at radius 3 is 2.21 bits per heavy atom. The molecule has 108 valence electrons. The molecule has 0 radical (unpaired) electrons. The van der Waals surface area contributed by atoms with Crippen LogP contribution in [0.3, 0.4) is 0 Å². The zero-order valence-electron chi connectivity index (χ0n) is 12.6. The van der Waals surface area contributed by atoms with E-state index >= 15 is 0 Å². The summed E-state index contributed by atoms with van der Waals surface area (Å²) in [7, 11) is 0. The maximum Gasteiger partial charge on any atom is 0.249 e. The minimum atomic E-state index is -0.667. The molecule has 1 saturated carbocycles. The molecule has 2 aliphatic rings. The molecule has 0 aromatic carbocycles. The number of carbonyl (C=O) groups excluding carboxylic acids is 2. The number of hydrogen-bond acceptors (Lipinski definition) is 2. The van der Waals surface area contributed by atoms with Crippen molar-refractivity contribution in [3.8, 4) is 0 Å². The van der Waals surface area contributed by atoms with E-state index in [1.165, 1.54) is 0 Å². The number of nitrogens with zero attached hydrogens (tertiary/aromatic N) is 1. The van der Waals surface area contributed by atoms with E-state index in [2.05, 4.69) is 12.2 Å². The molecule has 2 amide bonds. The molecule has 0 spiro atoms. The van der Waals surface area contributed by atoms with E-state index in [-0.39, 0.29) is 11.8 Å². The third-order valence-corrected chi connectivity index (χ3v) is 5.01. The summed E-state index contributed by atoms with van der Waals surface area (Å²) in [4.78, 5) is 27.4.